The first kappa shape index (κ1) is 18.7. The van der Waals surface area contributed by atoms with Crippen LogP contribution in [-0.2, 0) is 14.8 Å². The van der Waals surface area contributed by atoms with Crippen LogP contribution in [0.25, 0.3) is 0 Å². The smallest absolute Gasteiger partial charge is 0.252 e. The van der Waals surface area contributed by atoms with Crippen molar-refractivity contribution in [3.8, 4) is 0 Å². The van der Waals surface area contributed by atoms with Crippen LogP contribution in [0.2, 0.25) is 4.34 Å². The molecule has 0 aromatic carbocycles. The fourth-order valence-electron chi connectivity index (χ4n) is 2.81. The Balaban J connectivity index is 1.97. The average Bonchev–Trinajstić information content (AvgIpc) is 2.93. The molecule has 0 bridgehead atoms. The number of rotatable bonds is 5. The molecule has 0 aliphatic carbocycles. The first-order chi connectivity index (χ1) is 10.7. The van der Waals surface area contributed by atoms with Crippen LogP contribution in [0.4, 0.5) is 0 Å². The zero-order chi connectivity index (χ0) is 17.2. The zero-order valence-electron chi connectivity index (χ0n) is 13.6. The van der Waals surface area contributed by atoms with Crippen molar-refractivity contribution in [1.29, 1.82) is 0 Å². The van der Waals surface area contributed by atoms with Crippen LogP contribution < -0.4 is 5.32 Å². The molecule has 5 nitrogen and oxygen atoms in total. The van der Waals surface area contributed by atoms with Gasteiger partial charge in [0.15, 0.2) is 0 Å². The predicted molar refractivity (Wildman–Crippen MR) is 93.3 cm³/mol. The van der Waals surface area contributed by atoms with Crippen molar-refractivity contribution in [2.24, 2.45) is 11.8 Å². The Labute approximate surface area is 147 Å². The highest BCUT2D eigenvalue weighted by Crippen LogP contribution is 2.32. The van der Waals surface area contributed by atoms with Gasteiger partial charge < -0.3 is 5.32 Å². The number of thiophene rings is 1. The van der Waals surface area contributed by atoms with Gasteiger partial charge in [0.25, 0.3) is 10.0 Å². The van der Waals surface area contributed by atoms with E-state index in [0.717, 1.165) is 11.3 Å². The summed E-state index contributed by atoms with van der Waals surface area (Å²) in [7, 11) is -3.46. The number of hydrogen-bond acceptors (Lipinski definition) is 4. The van der Waals surface area contributed by atoms with E-state index in [4.69, 9.17) is 11.6 Å². The molecule has 1 aromatic heterocycles. The van der Waals surface area contributed by atoms with Gasteiger partial charge in [0, 0.05) is 25.0 Å². The molecule has 1 aliphatic heterocycles. The SMILES string of the molecule is CC(C)NC(=O)[C@@H](C)C1CCN(S(=O)(=O)c2ccc(Cl)s2)CC1. The monoisotopic (exact) mass is 378 g/mol. The second kappa shape index (κ2) is 7.51. The van der Waals surface area contributed by atoms with Crippen molar-refractivity contribution < 1.29 is 13.2 Å². The van der Waals surface area contributed by atoms with Crippen LogP contribution in [-0.4, -0.2) is 37.8 Å². The zero-order valence-corrected chi connectivity index (χ0v) is 16.0. The topological polar surface area (TPSA) is 66.5 Å². The van der Waals surface area contributed by atoms with E-state index in [9.17, 15) is 13.2 Å². The van der Waals surface area contributed by atoms with Gasteiger partial charge in [-0.2, -0.15) is 4.31 Å². The van der Waals surface area contributed by atoms with Crippen LogP contribution in [0, 0.1) is 11.8 Å². The molecule has 2 rings (SSSR count). The first-order valence-electron chi connectivity index (χ1n) is 7.77. The molecular weight excluding hydrogens is 356 g/mol. The Morgan fingerprint density at radius 1 is 1.30 bits per heavy atom. The van der Waals surface area contributed by atoms with Crippen molar-refractivity contribution in [1.82, 2.24) is 9.62 Å². The van der Waals surface area contributed by atoms with Gasteiger partial charge in [-0.15, -0.1) is 11.3 Å². The highest BCUT2D eigenvalue weighted by atomic mass is 35.5. The number of halogens is 1. The maximum atomic E-state index is 12.6. The van der Waals surface area contributed by atoms with Gasteiger partial charge >= 0.3 is 0 Å². The Hall–Kier alpha value is -0.630. The molecule has 1 amide bonds. The van der Waals surface area contributed by atoms with Crippen molar-refractivity contribution >= 4 is 38.9 Å². The van der Waals surface area contributed by atoms with E-state index >= 15 is 0 Å². The quantitative estimate of drug-likeness (QED) is 0.856. The Morgan fingerprint density at radius 3 is 2.39 bits per heavy atom. The number of sulfonamides is 1. The second-order valence-corrected chi connectivity index (χ2v) is 10.1. The Bertz CT molecular complexity index is 649. The summed E-state index contributed by atoms with van der Waals surface area (Å²) in [6.45, 7) is 6.69. The fraction of sp³-hybridized carbons (Fsp3) is 0.667. The summed E-state index contributed by atoms with van der Waals surface area (Å²) in [5.41, 5.74) is 0. The van der Waals surface area contributed by atoms with Gasteiger partial charge in [0.05, 0.1) is 4.34 Å². The Kier molecular flexibility index (Phi) is 6.10. The number of amides is 1. The second-order valence-electron chi connectivity index (χ2n) is 6.25. The molecule has 23 heavy (non-hydrogen) atoms. The van der Waals surface area contributed by atoms with Crippen molar-refractivity contribution in [2.75, 3.05) is 13.1 Å². The molecule has 1 aromatic rings. The largest absolute Gasteiger partial charge is 0.354 e. The van der Waals surface area contributed by atoms with Crippen LogP contribution >= 0.6 is 22.9 Å². The summed E-state index contributed by atoms with van der Waals surface area (Å²) in [6, 6.07) is 3.27. The molecule has 1 atom stereocenters. The first-order valence-corrected chi connectivity index (χ1v) is 10.4. The molecule has 1 fully saturated rings. The van der Waals surface area contributed by atoms with Gasteiger partial charge in [-0.3, -0.25) is 4.79 Å². The number of carbonyl (C=O) groups is 1. The lowest BCUT2D eigenvalue weighted by Crippen LogP contribution is -2.43. The Morgan fingerprint density at radius 2 is 1.91 bits per heavy atom. The molecule has 130 valence electrons. The molecular formula is C15H23ClN2O3S2. The van der Waals surface area contributed by atoms with Crippen molar-refractivity contribution in [3.05, 3.63) is 16.5 Å². The third-order valence-electron chi connectivity index (χ3n) is 4.19. The number of piperidine rings is 1. The number of nitrogens with one attached hydrogen (secondary N) is 1. The maximum Gasteiger partial charge on any atom is 0.252 e. The summed E-state index contributed by atoms with van der Waals surface area (Å²) in [6.07, 6.45) is 1.40. The van der Waals surface area contributed by atoms with Crippen LogP contribution in [0.5, 0.6) is 0 Å². The van der Waals surface area contributed by atoms with E-state index in [2.05, 4.69) is 5.32 Å². The highest BCUT2D eigenvalue weighted by Gasteiger charge is 2.34. The highest BCUT2D eigenvalue weighted by molar-refractivity contribution is 7.91. The average molecular weight is 379 g/mol. The summed E-state index contributed by atoms with van der Waals surface area (Å²) < 4.78 is 27.4. The lowest BCUT2D eigenvalue weighted by molar-refractivity contribution is -0.127. The number of carbonyl (C=O) groups excluding carboxylic acids is 1. The molecule has 1 saturated heterocycles. The minimum atomic E-state index is -3.46. The van der Waals surface area contributed by atoms with Gasteiger partial charge in [-0.25, -0.2) is 8.42 Å². The van der Waals surface area contributed by atoms with E-state index in [1.165, 1.54) is 4.31 Å². The standard InChI is InChI=1S/C15H23ClN2O3S2/c1-10(2)17-15(19)11(3)12-6-8-18(9-7-12)23(20,21)14-5-4-13(16)22-14/h4-5,10-12H,6-9H2,1-3H3,(H,17,19)/t11-/m0/s1. The summed E-state index contributed by atoms with van der Waals surface area (Å²) in [5, 5.41) is 2.93. The molecule has 0 spiro atoms. The molecule has 2 heterocycles. The maximum absolute atomic E-state index is 12.6. The lowest BCUT2D eigenvalue weighted by atomic mass is 9.85. The summed E-state index contributed by atoms with van der Waals surface area (Å²) in [5.74, 6) is 0.164. The van der Waals surface area contributed by atoms with Gasteiger partial charge in [-0.1, -0.05) is 18.5 Å². The molecule has 0 unspecified atom stereocenters. The van der Waals surface area contributed by atoms with Gasteiger partial charge in [0.2, 0.25) is 5.91 Å². The van der Waals surface area contributed by atoms with E-state index in [1.807, 2.05) is 20.8 Å². The van der Waals surface area contributed by atoms with Crippen molar-refractivity contribution in [2.45, 2.75) is 43.9 Å². The van der Waals surface area contributed by atoms with Gasteiger partial charge in [0.1, 0.15) is 4.21 Å². The molecule has 1 aliphatic rings. The van der Waals surface area contributed by atoms with E-state index in [-0.39, 0.29) is 28.0 Å². The van der Waals surface area contributed by atoms with E-state index in [0.29, 0.717) is 30.3 Å². The fourth-order valence-corrected chi connectivity index (χ4v) is 5.92. The molecule has 1 N–H and O–H groups in total. The van der Waals surface area contributed by atoms with E-state index in [1.54, 1.807) is 12.1 Å². The van der Waals surface area contributed by atoms with Gasteiger partial charge in [-0.05, 0) is 44.7 Å². The van der Waals surface area contributed by atoms with E-state index < -0.39 is 10.0 Å². The predicted octanol–water partition coefficient (Wildman–Crippen LogP) is 2.96. The van der Waals surface area contributed by atoms with Crippen molar-refractivity contribution in [3.63, 3.8) is 0 Å². The number of hydrogen-bond donors (Lipinski definition) is 1. The molecule has 8 heteroatoms. The normalized spacial score (nSPS) is 19.0. The van der Waals surface area contributed by atoms with Crippen LogP contribution in [0.15, 0.2) is 16.3 Å². The minimum absolute atomic E-state index is 0.0475. The van der Waals surface area contributed by atoms with Crippen LogP contribution in [0.3, 0.4) is 0 Å². The minimum Gasteiger partial charge on any atom is -0.354 e. The molecule has 0 saturated carbocycles. The molecule has 0 radical (unpaired) electrons. The summed E-state index contributed by atoms with van der Waals surface area (Å²) in [4.78, 5) is 12.1. The third kappa shape index (κ3) is 4.47. The third-order valence-corrected chi connectivity index (χ3v) is 7.79. The number of nitrogens with zero attached hydrogens (tertiary/aromatic N) is 1. The summed E-state index contributed by atoms with van der Waals surface area (Å²) >= 11 is 6.92. The van der Waals surface area contributed by atoms with Crippen LogP contribution in [0.1, 0.15) is 33.6 Å². The lowest BCUT2D eigenvalue weighted by Gasteiger charge is -2.33.